The molecule has 0 saturated heterocycles. The Bertz CT molecular complexity index is 968. The number of anilines is 1. The van der Waals surface area contributed by atoms with Gasteiger partial charge in [-0.15, -0.1) is 0 Å². The number of rotatable bonds is 7. The van der Waals surface area contributed by atoms with Gasteiger partial charge in [-0.05, 0) is 36.8 Å². The molecule has 0 radical (unpaired) electrons. The highest BCUT2D eigenvalue weighted by molar-refractivity contribution is 7.88. The summed E-state index contributed by atoms with van der Waals surface area (Å²) in [5, 5.41) is 4.09. The topological polar surface area (TPSA) is 86.9 Å². The van der Waals surface area contributed by atoms with Crippen molar-refractivity contribution in [2.45, 2.75) is 6.42 Å². The fourth-order valence-corrected chi connectivity index (χ4v) is 3.07. The highest BCUT2D eigenvalue weighted by Crippen LogP contribution is 2.28. The summed E-state index contributed by atoms with van der Waals surface area (Å²) in [4.78, 5) is 7.43. The Hall–Kier alpha value is -2.45. The summed E-state index contributed by atoms with van der Waals surface area (Å²) < 4.78 is 37.6. The van der Waals surface area contributed by atoms with Crippen molar-refractivity contribution in [1.29, 1.82) is 0 Å². The number of pyridine rings is 1. The van der Waals surface area contributed by atoms with E-state index in [-0.39, 0.29) is 5.82 Å². The molecule has 2 aromatic heterocycles. The van der Waals surface area contributed by atoms with Crippen LogP contribution in [0.2, 0.25) is 0 Å². The zero-order chi connectivity index (χ0) is 17.9. The molecule has 0 bridgehead atoms. The Morgan fingerprint density at radius 2 is 2.04 bits per heavy atom. The lowest BCUT2D eigenvalue weighted by molar-refractivity contribution is 0.586. The maximum Gasteiger partial charge on any atom is 0.208 e. The second-order valence-electron chi connectivity index (χ2n) is 5.77. The molecular weight excluding hydrogens is 343 g/mol. The number of aromatic nitrogens is 2. The second kappa shape index (κ2) is 7.20. The van der Waals surface area contributed by atoms with Crippen molar-refractivity contribution in [2.24, 2.45) is 0 Å². The molecule has 2 heterocycles. The van der Waals surface area contributed by atoms with Crippen LogP contribution in [0.15, 0.2) is 42.7 Å². The van der Waals surface area contributed by atoms with Crippen molar-refractivity contribution in [1.82, 2.24) is 14.7 Å². The average Bonchev–Trinajstić information content (AvgIpc) is 2.97. The van der Waals surface area contributed by atoms with E-state index in [9.17, 15) is 12.8 Å². The number of hydrogen-bond acceptors (Lipinski definition) is 4. The van der Waals surface area contributed by atoms with E-state index < -0.39 is 10.0 Å². The third-order valence-electron chi connectivity index (χ3n) is 3.74. The summed E-state index contributed by atoms with van der Waals surface area (Å²) in [7, 11) is -3.14. The van der Waals surface area contributed by atoms with Crippen LogP contribution in [0.1, 0.15) is 6.42 Å². The molecule has 0 saturated carbocycles. The lowest BCUT2D eigenvalue weighted by Gasteiger charge is -2.07. The van der Waals surface area contributed by atoms with Crippen molar-refractivity contribution in [3.05, 3.63) is 48.5 Å². The fourth-order valence-electron chi connectivity index (χ4n) is 2.56. The Labute approximate surface area is 145 Å². The van der Waals surface area contributed by atoms with Crippen molar-refractivity contribution in [3.8, 4) is 11.1 Å². The number of benzene rings is 1. The van der Waals surface area contributed by atoms with E-state index in [1.54, 1.807) is 12.3 Å². The van der Waals surface area contributed by atoms with Crippen LogP contribution in [-0.4, -0.2) is 37.7 Å². The zero-order valence-corrected chi connectivity index (χ0v) is 14.5. The Morgan fingerprint density at radius 1 is 1.20 bits per heavy atom. The van der Waals surface area contributed by atoms with Gasteiger partial charge in [-0.25, -0.2) is 22.5 Å². The average molecular weight is 362 g/mol. The molecule has 1 aromatic carbocycles. The van der Waals surface area contributed by atoms with E-state index in [0.29, 0.717) is 25.3 Å². The molecule has 132 valence electrons. The van der Waals surface area contributed by atoms with Gasteiger partial charge in [0.05, 0.1) is 6.26 Å². The molecule has 6 nitrogen and oxygen atoms in total. The molecule has 0 aliphatic rings. The lowest BCUT2D eigenvalue weighted by Crippen LogP contribution is -2.24. The van der Waals surface area contributed by atoms with Gasteiger partial charge in [-0.3, -0.25) is 0 Å². The molecule has 0 aliphatic heterocycles. The first kappa shape index (κ1) is 17.4. The maximum absolute atomic E-state index is 13.3. The normalized spacial score (nSPS) is 11.8. The molecule has 8 heteroatoms. The number of sulfonamides is 1. The van der Waals surface area contributed by atoms with E-state index in [2.05, 4.69) is 20.0 Å². The van der Waals surface area contributed by atoms with Gasteiger partial charge >= 0.3 is 0 Å². The van der Waals surface area contributed by atoms with Gasteiger partial charge in [0.15, 0.2) is 0 Å². The number of nitrogens with one attached hydrogen (secondary N) is 3. The third kappa shape index (κ3) is 4.55. The van der Waals surface area contributed by atoms with Crippen LogP contribution in [0.5, 0.6) is 0 Å². The molecule has 0 spiro atoms. The predicted molar refractivity (Wildman–Crippen MR) is 97.4 cm³/mol. The Morgan fingerprint density at radius 3 is 2.76 bits per heavy atom. The summed E-state index contributed by atoms with van der Waals surface area (Å²) in [5.41, 5.74) is 2.64. The first-order valence-corrected chi connectivity index (χ1v) is 9.73. The summed E-state index contributed by atoms with van der Waals surface area (Å²) >= 11 is 0. The van der Waals surface area contributed by atoms with Crippen LogP contribution in [0.3, 0.4) is 0 Å². The highest BCUT2D eigenvalue weighted by atomic mass is 32.2. The molecule has 0 aliphatic carbocycles. The molecular formula is C17H19FN4O2S. The standard InChI is InChI=1S/C17H19FN4O2S/c1-25(23,24)22-8-2-7-19-17-6-3-12(10-21-17)15-11-20-16-9-13(18)4-5-14(15)16/h3-6,9-11,20,22H,2,7-8H2,1H3,(H,19,21). The molecule has 0 amide bonds. The molecule has 0 fully saturated rings. The van der Waals surface area contributed by atoms with Gasteiger partial charge in [0, 0.05) is 47.5 Å². The second-order valence-corrected chi connectivity index (χ2v) is 7.60. The van der Waals surface area contributed by atoms with Crippen LogP contribution >= 0.6 is 0 Å². The number of nitrogens with zero attached hydrogens (tertiary/aromatic N) is 1. The minimum atomic E-state index is -3.14. The summed E-state index contributed by atoms with van der Waals surface area (Å²) in [6.07, 6.45) is 5.39. The minimum Gasteiger partial charge on any atom is -0.370 e. The number of halogens is 1. The number of H-pyrrole nitrogens is 1. The molecule has 0 atom stereocenters. The van der Waals surface area contributed by atoms with Crippen LogP contribution in [0.4, 0.5) is 10.2 Å². The van der Waals surface area contributed by atoms with E-state index in [1.165, 1.54) is 12.1 Å². The molecule has 25 heavy (non-hydrogen) atoms. The number of fused-ring (bicyclic) bond motifs is 1. The third-order valence-corrected chi connectivity index (χ3v) is 4.47. The molecule has 3 N–H and O–H groups in total. The van der Waals surface area contributed by atoms with Crippen LogP contribution < -0.4 is 10.0 Å². The molecule has 3 aromatic rings. The molecule has 3 rings (SSSR count). The van der Waals surface area contributed by atoms with Crippen LogP contribution in [-0.2, 0) is 10.0 Å². The van der Waals surface area contributed by atoms with Crippen molar-refractivity contribution in [3.63, 3.8) is 0 Å². The van der Waals surface area contributed by atoms with Crippen LogP contribution in [0.25, 0.3) is 22.0 Å². The lowest BCUT2D eigenvalue weighted by atomic mass is 10.1. The number of hydrogen-bond donors (Lipinski definition) is 3. The van der Waals surface area contributed by atoms with Crippen molar-refractivity contribution < 1.29 is 12.8 Å². The van der Waals surface area contributed by atoms with Gasteiger partial charge < -0.3 is 10.3 Å². The summed E-state index contributed by atoms with van der Waals surface area (Å²) in [5.74, 6) is 0.443. The summed E-state index contributed by atoms with van der Waals surface area (Å²) in [6.45, 7) is 0.997. The van der Waals surface area contributed by atoms with E-state index in [1.807, 2.05) is 18.3 Å². The van der Waals surface area contributed by atoms with Crippen LogP contribution in [0, 0.1) is 5.82 Å². The van der Waals surface area contributed by atoms with E-state index in [4.69, 9.17) is 0 Å². The van der Waals surface area contributed by atoms with Gasteiger partial charge in [0.1, 0.15) is 11.6 Å². The predicted octanol–water partition coefficient (Wildman–Crippen LogP) is 2.72. The minimum absolute atomic E-state index is 0.274. The number of aromatic amines is 1. The smallest absolute Gasteiger partial charge is 0.208 e. The molecule has 0 unspecified atom stereocenters. The van der Waals surface area contributed by atoms with Crippen molar-refractivity contribution in [2.75, 3.05) is 24.7 Å². The van der Waals surface area contributed by atoms with Gasteiger partial charge in [0.25, 0.3) is 0 Å². The highest BCUT2D eigenvalue weighted by Gasteiger charge is 2.07. The SMILES string of the molecule is CS(=O)(=O)NCCCNc1ccc(-c2c[nH]c3cc(F)ccc23)cn1. The van der Waals surface area contributed by atoms with Gasteiger partial charge in [-0.1, -0.05) is 0 Å². The fraction of sp³-hybridized carbons (Fsp3) is 0.235. The first-order chi connectivity index (χ1) is 11.9. The largest absolute Gasteiger partial charge is 0.370 e. The monoisotopic (exact) mass is 362 g/mol. The maximum atomic E-state index is 13.3. The van der Waals surface area contributed by atoms with Gasteiger partial charge in [0.2, 0.25) is 10.0 Å². The quantitative estimate of drug-likeness (QED) is 0.564. The Kier molecular flexibility index (Phi) is 5.00. The van der Waals surface area contributed by atoms with Crippen molar-refractivity contribution >= 4 is 26.7 Å². The Balaban J connectivity index is 1.62. The summed E-state index contributed by atoms with van der Waals surface area (Å²) in [6, 6.07) is 8.45. The zero-order valence-electron chi connectivity index (χ0n) is 13.7. The first-order valence-electron chi connectivity index (χ1n) is 7.84. The van der Waals surface area contributed by atoms with E-state index in [0.717, 1.165) is 28.3 Å². The van der Waals surface area contributed by atoms with E-state index >= 15 is 0 Å². The van der Waals surface area contributed by atoms with Gasteiger partial charge in [-0.2, -0.15) is 0 Å².